The van der Waals surface area contributed by atoms with Gasteiger partial charge in [-0.15, -0.1) is 0 Å². The molecule has 132 valence electrons. The summed E-state index contributed by atoms with van der Waals surface area (Å²) in [6.07, 6.45) is 6.28. The van der Waals surface area contributed by atoms with Gasteiger partial charge in [0, 0.05) is 35.6 Å². The number of halogens is 1. The number of carbonyl (C=O) groups is 2. The lowest BCUT2D eigenvalue weighted by molar-refractivity contribution is -0.122. The molecule has 2 rings (SSSR count). The van der Waals surface area contributed by atoms with Crippen molar-refractivity contribution in [2.24, 2.45) is 11.7 Å². The predicted octanol–water partition coefficient (Wildman–Crippen LogP) is 2.59. The molecule has 0 radical (unpaired) electrons. The summed E-state index contributed by atoms with van der Waals surface area (Å²) >= 11 is 3.33. The Morgan fingerprint density at radius 1 is 1.17 bits per heavy atom. The van der Waals surface area contributed by atoms with Crippen LogP contribution in [0.2, 0.25) is 0 Å². The molecular formula is C18H26BrN3O2. The fraction of sp³-hybridized carbons (Fsp3) is 0.556. The first kappa shape index (κ1) is 18.9. The Hall–Kier alpha value is -1.40. The Labute approximate surface area is 151 Å². The number of benzene rings is 1. The molecule has 1 aliphatic rings. The number of nitrogens with one attached hydrogen (secondary N) is 2. The van der Waals surface area contributed by atoms with Crippen LogP contribution in [0.15, 0.2) is 28.7 Å². The zero-order valence-electron chi connectivity index (χ0n) is 13.9. The van der Waals surface area contributed by atoms with Crippen LogP contribution in [0.1, 0.15) is 48.9 Å². The van der Waals surface area contributed by atoms with Crippen LogP contribution in [0.3, 0.4) is 0 Å². The molecule has 4 N–H and O–H groups in total. The molecule has 1 aromatic carbocycles. The maximum Gasteiger partial charge on any atom is 0.251 e. The molecule has 1 unspecified atom stereocenters. The van der Waals surface area contributed by atoms with Crippen molar-refractivity contribution in [2.75, 3.05) is 13.1 Å². The summed E-state index contributed by atoms with van der Waals surface area (Å²) in [6.45, 7) is 0.796. The van der Waals surface area contributed by atoms with E-state index in [2.05, 4.69) is 26.6 Å². The van der Waals surface area contributed by atoms with E-state index < -0.39 is 0 Å². The molecule has 24 heavy (non-hydrogen) atoms. The van der Waals surface area contributed by atoms with Gasteiger partial charge in [0.2, 0.25) is 5.91 Å². The molecule has 1 saturated carbocycles. The Bertz CT molecular complexity index is 542. The summed E-state index contributed by atoms with van der Waals surface area (Å²) in [5.41, 5.74) is 6.41. The average Bonchev–Trinajstić information content (AvgIpc) is 2.61. The molecule has 1 aromatic rings. The smallest absolute Gasteiger partial charge is 0.251 e. The zero-order valence-corrected chi connectivity index (χ0v) is 15.5. The highest BCUT2D eigenvalue weighted by Gasteiger charge is 2.23. The molecule has 5 nitrogen and oxygen atoms in total. The van der Waals surface area contributed by atoms with Gasteiger partial charge in [-0.3, -0.25) is 9.59 Å². The van der Waals surface area contributed by atoms with E-state index in [1.807, 2.05) is 12.1 Å². The molecule has 0 aliphatic heterocycles. The van der Waals surface area contributed by atoms with Crippen molar-refractivity contribution in [1.29, 1.82) is 0 Å². The third-order valence-electron chi connectivity index (χ3n) is 4.56. The highest BCUT2D eigenvalue weighted by molar-refractivity contribution is 9.10. The van der Waals surface area contributed by atoms with Gasteiger partial charge in [0.25, 0.3) is 5.91 Å². The molecule has 0 bridgehead atoms. The number of hydrogen-bond acceptors (Lipinski definition) is 3. The van der Waals surface area contributed by atoms with Crippen molar-refractivity contribution < 1.29 is 9.59 Å². The summed E-state index contributed by atoms with van der Waals surface area (Å²) < 4.78 is 0.925. The largest absolute Gasteiger partial charge is 0.352 e. The summed E-state index contributed by atoms with van der Waals surface area (Å²) in [7, 11) is 0. The van der Waals surface area contributed by atoms with E-state index in [-0.39, 0.29) is 24.3 Å². The molecule has 0 spiro atoms. The molecule has 2 amide bonds. The van der Waals surface area contributed by atoms with Crippen molar-refractivity contribution >= 4 is 27.7 Å². The van der Waals surface area contributed by atoms with Crippen molar-refractivity contribution in [3.63, 3.8) is 0 Å². The van der Waals surface area contributed by atoms with Gasteiger partial charge in [-0.1, -0.05) is 35.2 Å². The molecule has 6 heteroatoms. The van der Waals surface area contributed by atoms with E-state index in [4.69, 9.17) is 5.73 Å². The number of hydrogen-bond donors (Lipinski definition) is 3. The summed E-state index contributed by atoms with van der Waals surface area (Å²) in [5, 5.41) is 5.81. The quantitative estimate of drug-likeness (QED) is 0.663. The minimum absolute atomic E-state index is 0.0490. The monoisotopic (exact) mass is 395 g/mol. The van der Waals surface area contributed by atoms with E-state index in [1.54, 1.807) is 12.1 Å². The SMILES string of the molecule is NCC(NC(=O)CCNC(=O)c1ccc(Br)cc1)C1CCCCC1. The second-order valence-electron chi connectivity index (χ2n) is 6.32. The molecule has 0 saturated heterocycles. The maximum absolute atomic E-state index is 12.1. The standard InChI is InChI=1S/C18H26BrN3O2/c19-15-8-6-14(7-9-15)18(24)21-11-10-17(23)22-16(12-20)13-4-2-1-3-5-13/h6-9,13,16H,1-5,10-12,20H2,(H,21,24)(H,22,23). The topological polar surface area (TPSA) is 84.2 Å². The lowest BCUT2D eigenvalue weighted by Gasteiger charge is -2.30. The van der Waals surface area contributed by atoms with Gasteiger partial charge < -0.3 is 16.4 Å². The molecule has 1 aliphatic carbocycles. The van der Waals surface area contributed by atoms with Crippen LogP contribution < -0.4 is 16.4 Å². The summed E-state index contributed by atoms with van der Waals surface area (Å²) in [4.78, 5) is 24.1. The van der Waals surface area contributed by atoms with Crippen molar-refractivity contribution in [3.8, 4) is 0 Å². The minimum Gasteiger partial charge on any atom is -0.352 e. The second kappa shape index (κ2) is 9.79. The lowest BCUT2D eigenvalue weighted by atomic mass is 9.84. The summed E-state index contributed by atoms with van der Waals surface area (Å²) in [6, 6.07) is 7.18. The number of nitrogens with two attached hydrogens (primary N) is 1. The molecule has 0 heterocycles. The Morgan fingerprint density at radius 3 is 2.46 bits per heavy atom. The molecule has 1 fully saturated rings. The molecule has 0 aromatic heterocycles. The van der Waals surface area contributed by atoms with Crippen LogP contribution in [0, 0.1) is 5.92 Å². The Kier molecular flexibility index (Phi) is 7.72. The van der Waals surface area contributed by atoms with Crippen LogP contribution in [-0.2, 0) is 4.79 Å². The zero-order chi connectivity index (χ0) is 17.4. The third-order valence-corrected chi connectivity index (χ3v) is 5.09. The van der Waals surface area contributed by atoms with Crippen LogP contribution in [0.25, 0.3) is 0 Å². The Balaban J connectivity index is 1.71. The molecular weight excluding hydrogens is 370 g/mol. The van der Waals surface area contributed by atoms with Gasteiger partial charge in [0.1, 0.15) is 0 Å². The number of carbonyl (C=O) groups excluding carboxylic acids is 2. The number of amides is 2. The van der Waals surface area contributed by atoms with Crippen molar-refractivity contribution in [1.82, 2.24) is 10.6 Å². The van der Waals surface area contributed by atoms with Crippen LogP contribution in [0.5, 0.6) is 0 Å². The van der Waals surface area contributed by atoms with Crippen LogP contribution >= 0.6 is 15.9 Å². The molecule has 1 atom stereocenters. The van der Waals surface area contributed by atoms with Gasteiger partial charge in [0.15, 0.2) is 0 Å². The van der Waals surface area contributed by atoms with E-state index in [9.17, 15) is 9.59 Å². The van der Waals surface area contributed by atoms with E-state index in [0.29, 0.717) is 24.6 Å². The first-order valence-electron chi connectivity index (χ1n) is 8.63. The van der Waals surface area contributed by atoms with E-state index >= 15 is 0 Å². The van der Waals surface area contributed by atoms with Gasteiger partial charge in [-0.25, -0.2) is 0 Å². The lowest BCUT2D eigenvalue weighted by Crippen LogP contribution is -2.46. The first-order valence-corrected chi connectivity index (χ1v) is 9.42. The second-order valence-corrected chi connectivity index (χ2v) is 7.24. The van der Waals surface area contributed by atoms with E-state index in [0.717, 1.165) is 17.3 Å². The predicted molar refractivity (Wildman–Crippen MR) is 98.7 cm³/mol. The van der Waals surface area contributed by atoms with E-state index in [1.165, 1.54) is 19.3 Å². The first-order chi connectivity index (χ1) is 11.6. The third kappa shape index (κ3) is 5.91. The maximum atomic E-state index is 12.1. The van der Waals surface area contributed by atoms with Crippen LogP contribution in [-0.4, -0.2) is 30.9 Å². The van der Waals surface area contributed by atoms with Crippen molar-refractivity contribution in [3.05, 3.63) is 34.3 Å². The summed E-state index contributed by atoms with van der Waals surface area (Å²) in [5.74, 6) is 0.273. The highest BCUT2D eigenvalue weighted by Crippen LogP contribution is 2.26. The Morgan fingerprint density at radius 2 is 1.83 bits per heavy atom. The normalized spacial score (nSPS) is 16.4. The van der Waals surface area contributed by atoms with Crippen LogP contribution in [0.4, 0.5) is 0 Å². The fourth-order valence-corrected chi connectivity index (χ4v) is 3.44. The minimum atomic E-state index is -0.169. The van der Waals surface area contributed by atoms with Gasteiger partial charge >= 0.3 is 0 Å². The van der Waals surface area contributed by atoms with Gasteiger partial charge in [-0.2, -0.15) is 0 Å². The number of rotatable bonds is 7. The fourth-order valence-electron chi connectivity index (χ4n) is 3.18. The highest BCUT2D eigenvalue weighted by atomic mass is 79.9. The van der Waals surface area contributed by atoms with Crippen molar-refractivity contribution in [2.45, 2.75) is 44.6 Å². The average molecular weight is 396 g/mol. The van der Waals surface area contributed by atoms with Gasteiger partial charge in [0.05, 0.1) is 0 Å². The van der Waals surface area contributed by atoms with Gasteiger partial charge in [-0.05, 0) is 43.0 Å².